The van der Waals surface area contributed by atoms with E-state index in [1.807, 2.05) is 24.3 Å². The Morgan fingerprint density at radius 3 is 2.76 bits per heavy atom. The summed E-state index contributed by atoms with van der Waals surface area (Å²) < 4.78 is 5.72. The van der Waals surface area contributed by atoms with E-state index < -0.39 is 0 Å². The third-order valence-electron chi connectivity index (χ3n) is 2.95. The number of ether oxygens (including phenoxy) is 1. The fourth-order valence-electron chi connectivity index (χ4n) is 1.94. The highest BCUT2D eigenvalue weighted by molar-refractivity contribution is 5.99. The minimum absolute atomic E-state index is 0.0583. The zero-order valence-corrected chi connectivity index (χ0v) is 11.0. The summed E-state index contributed by atoms with van der Waals surface area (Å²) in [6.45, 7) is 0. The van der Waals surface area contributed by atoms with Crippen LogP contribution in [0.1, 0.15) is 5.56 Å². The number of hydrogen-bond donors (Lipinski definition) is 2. The first kappa shape index (κ1) is 12.9. The average Bonchev–Trinajstić information content (AvgIpc) is 2.54. The van der Waals surface area contributed by atoms with Crippen molar-refractivity contribution in [2.75, 3.05) is 0 Å². The van der Waals surface area contributed by atoms with Crippen LogP contribution in [-0.2, 0) is 0 Å². The van der Waals surface area contributed by atoms with Crippen LogP contribution in [0.3, 0.4) is 0 Å². The van der Waals surface area contributed by atoms with E-state index in [4.69, 9.17) is 15.7 Å². The van der Waals surface area contributed by atoms with Crippen molar-refractivity contribution >= 4 is 16.7 Å². The van der Waals surface area contributed by atoms with E-state index in [1.165, 1.54) is 0 Å². The van der Waals surface area contributed by atoms with E-state index >= 15 is 0 Å². The van der Waals surface area contributed by atoms with Gasteiger partial charge in [0, 0.05) is 23.8 Å². The number of rotatable bonds is 3. The van der Waals surface area contributed by atoms with Gasteiger partial charge in [0.15, 0.2) is 5.84 Å². The third kappa shape index (κ3) is 2.59. The molecule has 0 spiro atoms. The van der Waals surface area contributed by atoms with Crippen molar-refractivity contribution in [3.63, 3.8) is 0 Å². The van der Waals surface area contributed by atoms with E-state index in [0.717, 1.165) is 10.9 Å². The first-order chi connectivity index (χ1) is 10.3. The summed E-state index contributed by atoms with van der Waals surface area (Å²) in [5.74, 6) is 0.784. The van der Waals surface area contributed by atoms with Gasteiger partial charge in [-0.1, -0.05) is 11.2 Å². The summed E-state index contributed by atoms with van der Waals surface area (Å²) in [6, 6.07) is 12.7. The van der Waals surface area contributed by atoms with Gasteiger partial charge in [0.2, 0.25) is 5.88 Å². The van der Waals surface area contributed by atoms with E-state index in [9.17, 15) is 0 Å². The molecular weight excluding hydrogens is 268 g/mol. The zero-order chi connectivity index (χ0) is 14.7. The van der Waals surface area contributed by atoms with Crippen molar-refractivity contribution in [2.45, 2.75) is 0 Å². The first-order valence-corrected chi connectivity index (χ1v) is 6.23. The molecule has 2 heterocycles. The molecule has 0 unspecified atom stereocenters. The van der Waals surface area contributed by atoms with E-state index in [2.05, 4.69) is 15.1 Å². The van der Waals surface area contributed by atoms with Gasteiger partial charge in [-0.15, -0.1) is 0 Å². The number of nitrogens with zero attached hydrogens (tertiary/aromatic N) is 3. The van der Waals surface area contributed by atoms with Crippen LogP contribution in [0, 0.1) is 0 Å². The van der Waals surface area contributed by atoms with Crippen molar-refractivity contribution in [3.05, 3.63) is 60.4 Å². The Morgan fingerprint density at radius 2 is 1.90 bits per heavy atom. The monoisotopic (exact) mass is 280 g/mol. The SMILES string of the molecule is N/C(=N/O)c1cccnc1Oc1ccc2cccnc2c1. The number of benzene rings is 1. The summed E-state index contributed by atoms with van der Waals surface area (Å²) in [7, 11) is 0. The van der Waals surface area contributed by atoms with E-state index in [0.29, 0.717) is 11.3 Å². The Balaban J connectivity index is 1.99. The molecule has 0 radical (unpaired) electrons. The summed E-state index contributed by atoms with van der Waals surface area (Å²) in [5.41, 5.74) is 6.84. The molecule has 1 aromatic carbocycles. The van der Waals surface area contributed by atoms with Crippen molar-refractivity contribution in [1.82, 2.24) is 9.97 Å². The Labute approximate surface area is 120 Å². The standard InChI is InChI=1S/C15H12N4O2/c16-14(19-20)12-4-2-8-18-15(12)21-11-6-5-10-3-1-7-17-13(10)9-11/h1-9,20H,(H2,16,19). The quantitative estimate of drug-likeness (QED) is 0.333. The second-order valence-corrected chi connectivity index (χ2v) is 4.30. The second kappa shape index (κ2) is 5.46. The number of hydrogen-bond acceptors (Lipinski definition) is 5. The van der Waals surface area contributed by atoms with Crippen molar-refractivity contribution in [3.8, 4) is 11.6 Å². The zero-order valence-electron chi connectivity index (χ0n) is 11.0. The fraction of sp³-hybridized carbons (Fsp3) is 0. The maximum absolute atomic E-state index is 8.79. The van der Waals surface area contributed by atoms with Crippen molar-refractivity contribution in [2.24, 2.45) is 10.9 Å². The van der Waals surface area contributed by atoms with Gasteiger partial charge >= 0.3 is 0 Å². The summed E-state index contributed by atoms with van der Waals surface area (Å²) in [6.07, 6.45) is 3.29. The predicted octanol–water partition coefficient (Wildman–Crippen LogP) is 2.52. The molecule has 0 saturated heterocycles. The van der Waals surface area contributed by atoms with E-state index in [1.54, 1.807) is 30.6 Å². The lowest BCUT2D eigenvalue weighted by Crippen LogP contribution is -2.14. The minimum atomic E-state index is -0.0583. The lowest BCUT2D eigenvalue weighted by atomic mass is 10.2. The summed E-state index contributed by atoms with van der Waals surface area (Å²) >= 11 is 0. The number of pyridine rings is 2. The van der Waals surface area contributed by atoms with Gasteiger partial charge in [0.05, 0.1) is 11.1 Å². The lowest BCUT2D eigenvalue weighted by molar-refractivity contribution is 0.318. The Hall–Kier alpha value is -3.15. The molecule has 2 aromatic heterocycles. The van der Waals surface area contributed by atoms with Crippen LogP contribution in [0.5, 0.6) is 11.6 Å². The first-order valence-electron chi connectivity index (χ1n) is 6.23. The molecule has 0 atom stereocenters. The molecule has 21 heavy (non-hydrogen) atoms. The molecule has 3 N–H and O–H groups in total. The van der Waals surface area contributed by atoms with Gasteiger partial charge < -0.3 is 15.7 Å². The minimum Gasteiger partial charge on any atom is -0.438 e. The lowest BCUT2D eigenvalue weighted by Gasteiger charge is -2.09. The molecule has 0 saturated carbocycles. The Bertz CT molecular complexity index is 817. The predicted molar refractivity (Wildman–Crippen MR) is 78.6 cm³/mol. The number of oxime groups is 1. The Morgan fingerprint density at radius 1 is 1.10 bits per heavy atom. The van der Waals surface area contributed by atoms with E-state index in [-0.39, 0.29) is 11.7 Å². The number of aromatic nitrogens is 2. The molecule has 0 bridgehead atoms. The van der Waals surface area contributed by atoms with Gasteiger partial charge in [-0.25, -0.2) is 4.98 Å². The largest absolute Gasteiger partial charge is 0.438 e. The smallest absolute Gasteiger partial charge is 0.230 e. The van der Waals surface area contributed by atoms with Crippen LogP contribution in [0.4, 0.5) is 0 Å². The number of fused-ring (bicyclic) bond motifs is 1. The average molecular weight is 280 g/mol. The van der Waals surface area contributed by atoms with Crippen LogP contribution >= 0.6 is 0 Å². The molecule has 6 heteroatoms. The maximum Gasteiger partial charge on any atom is 0.230 e. The molecule has 0 amide bonds. The van der Waals surface area contributed by atoms with Crippen molar-refractivity contribution < 1.29 is 9.94 Å². The molecule has 104 valence electrons. The normalized spacial score (nSPS) is 11.5. The van der Waals surface area contributed by atoms with Gasteiger partial charge in [-0.3, -0.25) is 4.98 Å². The highest BCUT2D eigenvalue weighted by Gasteiger charge is 2.10. The molecule has 0 fully saturated rings. The van der Waals surface area contributed by atoms with Crippen LogP contribution < -0.4 is 10.5 Å². The number of nitrogens with two attached hydrogens (primary N) is 1. The van der Waals surface area contributed by atoms with Gasteiger partial charge in [0.25, 0.3) is 0 Å². The topological polar surface area (TPSA) is 93.6 Å². The summed E-state index contributed by atoms with van der Waals surface area (Å²) in [4.78, 5) is 8.38. The molecule has 3 rings (SSSR count). The molecule has 0 aliphatic carbocycles. The van der Waals surface area contributed by atoms with Crippen LogP contribution in [0.25, 0.3) is 10.9 Å². The molecule has 0 aliphatic rings. The number of amidine groups is 1. The summed E-state index contributed by atoms with van der Waals surface area (Å²) in [5, 5.41) is 12.8. The fourth-order valence-corrected chi connectivity index (χ4v) is 1.94. The van der Waals surface area contributed by atoms with Crippen LogP contribution in [0.15, 0.2) is 60.0 Å². The molecule has 6 nitrogen and oxygen atoms in total. The molecule has 3 aromatic rings. The van der Waals surface area contributed by atoms with Crippen LogP contribution in [-0.4, -0.2) is 21.0 Å². The van der Waals surface area contributed by atoms with Gasteiger partial charge in [-0.05, 0) is 30.3 Å². The molecule has 0 aliphatic heterocycles. The highest BCUT2D eigenvalue weighted by Crippen LogP contribution is 2.25. The third-order valence-corrected chi connectivity index (χ3v) is 2.95. The van der Waals surface area contributed by atoms with Gasteiger partial charge in [-0.2, -0.15) is 0 Å². The second-order valence-electron chi connectivity index (χ2n) is 4.30. The van der Waals surface area contributed by atoms with Crippen molar-refractivity contribution in [1.29, 1.82) is 0 Å². The maximum atomic E-state index is 8.79. The highest BCUT2D eigenvalue weighted by atomic mass is 16.5. The molecular formula is C15H12N4O2. The Kier molecular flexibility index (Phi) is 3.34. The van der Waals surface area contributed by atoms with Gasteiger partial charge in [0.1, 0.15) is 5.75 Å². The van der Waals surface area contributed by atoms with Crippen LogP contribution in [0.2, 0.25) is 0 Å².